The van der Waals surface area contributed by atoms with Gasteiger partial charge in [0, 0.05) is 5.39 Å². The number of para-hydroxylation sites is 1. The van der Waals surface area contributed by atoms with Crippen molar-refractivity contribution in [3.63, 3.8) is 0 Å². The molecule has 0 amide bonds. The normalized spacial score (nSPS) is 12.8. The van der Waals surface area contributed by atoms with Crippen LogP contribution in [0.15, 0.2) is 46.9 Å². The van der Waals surface area contributed by atoms with Crippen molar-refractivity contribution in [1.82, 2.24) is 0 Å². The van der Waals surface area contributed by atoms with Gasteiger partial charge in [-0.3, -0.25) is 0 Å². The van der Waals surface area contributed by atoms with Crippen LogP contribution in [-0.2, 0) is 0 Å². The lowest BCUT2D eigenvalue weighted by Gasteiger charge is -2.09. The molecule has 2 aromatic carbocycles. The van der Waals surface area contributed by atoms with E-state index in [0.29, 0.717) is 11.3 Å². The standard InChI is InChI=1S/C17H15FO2/c1-10-6-13(8-14(18)7-10)16(19)15-9-12-5-3-4-11(2)17(12)20-15/h3-9,16,19H,1-2H3. The van der Waals surface area contributed by atoms with E-state index in [0.717, 1.165) is 22.1 Å². The van der Waals surface area contributed by atoms with Crippen LogP contribution in [0.5, 0.6) is 0 Å². The van der Waals surface area contributed by atoms with Crippen LogP contribution in [0, 0.1) is 19.7 Å². The molecule has 0 bridgehead atoms. The molecule has 1 N–H and O–H groups in total. The summed E-state index contributed by atoms with van der Waals surface area (Å²) in [7, 11) is 0. The zero-order valence-electron chi connectivity index (χ0n) is 11.4. The summed E-state index contributed by atoms with van der Waals surface area (Å²) < 4.78 is 19.2. The summed E-state index contributed by atoms with van der Waals surface area (Å²) in [5.41, 5.74) is 3.04. The lowest BCUT2D eigenvalue weighted by Crippen LogP contribution is -1.99. The summed E-state index contributed by atoms with van der Waals surface area (Å²) in [5, 5.41) is 11.3. The molecule has 20 heavy (non-hydrogen) atoms. The Morgan fingerprint density at radius 1 is 1.10 bits per heavy atom. The summed E-state index contributed by atoms with van der Waals surface area (Å²) in [6.07, 6.45) is -0.962. The molecule has 0 fully saturated rings. The highest BCUT2D eigenvalue weighted by atomic mass is 19.1. The Kier molecular flexibility index (Phi) is 3.07. The van der Waals surface area contributed by atoms with Crippen molar-refractivity contribution in [2.75, 3.05) is 0 Å². The molecule has 0 aliphatic heterocycles. The van der Waals surface area contributed by atoms with E-state index in [4.69, 9.17) is 4.42 Å². The first kappa shape index (κ1) is 12.9. The molecule has 3 aromatic rings. The Hall–Kier alpha value is -2.13. The van der Waals surface area contributed by atoms with Gasteiger partial charge in [0.15, 0.2) is 0 Å². The highest BCUT2D eigenvalue weighted by molar-refractivity contribution is 5.81. The SMILES string of the molecule is Cc1cc(F)cc(C(O)c2cc3cccc(C)c3o2)c1. The minimum Gasteiger partial charge on any atom is -0.458 e. The minimum atomic E-state index is -0.962. The predicted molar refractivity (Wildman–Crippen MR) is 76.1 cm³/mol. The van der Waals surface area contributed by atoms with Crippen LogP contribution in [0.25, 0.3) is 11.0 Å². The van der Waals surface area contributed by atoms with Crippen LogP contribution >= 0.6 is 0 Å². The number of aliphatic hydroxyl groups excluding tert-OH is 1. The fraction of sp³-hybridized carbons (Fsp3) is 0.176. The number of aliphatic hydroxyl groups is 1. The number of halogens is 1. The van der Waals surface area contributed by atoms with Gasteiger partial charge in [-0.25, -0.2) is 4.39 Å². The maximum absolute atomic E-state index is 13.4. The molecule has 1 atom stereocenters. The van der Waals surface area contributed by atoms with Gasteiger partial charge < -0.3 is 9.52 Å². The number of aryl methyl sites for hydroxylation is 2. The van der Waals surface area contributed by atoms with Crippen molar-refractivity contribution in [3.05, 3.63) is 70.7 Å². The molecular formula is C17H15FO2. The Labute approximate surface area is 116 Å². The molecule has 3 rings (SSSR count). The molecule has 0 saturated carbocycles. The first-order chi connectivity index (χ1) is 9.54. The Bertz CT molecular complexity index is 754. The largest absolute Gasteiger partial charge is 0.458 e. The van der Waals surface area contributed by atoms with Gasteiger partial charge in [-0.05, 0) is 48.7 Å². The first-order valence-corrected chi connectivity index (χ1v) is 6.49. The number of hydrogen-bond donors (Lipinski definition) is 1. The van der Waals surface area contributed by atoms with Gasteiger partial charge >= 0.3 is 0 Å². The second-order valence-corrected chi connectivity index (χ2v) is 5.11. The smallest absolute Gasteiger partial charge is 0.138 e. The number of rotatable bonds is 2. The van der Waals surface area contributed by atoms with Crippen LogP contribution in [-0.4, -0.2) is 5.11 Å². The average molecular weight is 270 g/mol. The molecular weight excluding hydrogens is 255 g/mol. The van der Waals surface area contributed by atoms with E-state index >= 15 is 0 Å². The summed E-state index contributed by atoms with van der Waals surface area (Å²) in [6.45, 7) is 3.75. The number of hydrogen-bond acceptors (Lipinski definition) is 2. The Morgan fingerprint density at radius 2 is 1.90 bits per heavy atom. The monoisotopic (exact) mass is 270 g/mol. The molecule has 102 valence electrons. The van der Waals surface area contributed by atoms with E-state index in [-0.39, 0.29) is 5.82 Å². The van der Waals surface area contributed by atoms with E-state index in [2.05, 4.69) is 0 Å². The van der Waals surface area contributed by atoms with Gasteiger partial charge in [0.1, 0.15) is 23.3 Å². The molecule has 1 unspecified atom stereocenters. The average Bonchev–Trinajstić information content (AvgIpc) is 2.82. The van der Waals surface area contributed by atoms with Crippen LogP contribution in [0.4, 0.5) is 4.39 Å². The van der Waals surface area contributed by atoms with E-state index in [1.807, 2.05) is 25.1 Å². The fourth-order valence-electron chi connectivity index (χ4n) is 2.45. The Balaban J connectivity index is 2.07. The highest BCUT2D eigenvalue weighted by Crippen LogP contribution is 2.30. The lowest BCUT2D eigenvalue weighted by atomic mass is 10.0. The van der Waals surface area contributed by atoms with Gasteiger partial charge in [0.2, 0.25) is 0 Å². The first-order valence-electron chi connectivity index (χ1n) is 6.49. The van der Waals surface area contributed by atoms with E-state index in [1.54, 1.807) is 19.1 Å². The van der Waals surface area contributed by atoms with Crippen molar-refractivity contribution < 1.29 is 13.9 Å². The zero-order valence-corrected chi connectivity index (χ0v) is 11.4. The van der Waals surface area contributed by atoms with Gasteiger partial charge in [-0.15, -0.1) is 0 Å². The summed E-state index contributed by atoms with van der Waals surface area (Å²) in [5.74, 6) is 0.0747. The second-order valence-electron chi connectivity index (χ2n) is 5.11. The van der Waals surface area contributed by atoms with Crippen LogP contribution in [0.3, 0.4) is 0 Å². The maximum Gasteiger partial charge on any atom is 0.138 e. The van der Waals surface area contributed by atoms with Gasteiger partial charge in [-0.2, -0.15) is 0 Å². The van der Waals surface area contributed by atoms with E-state index in [9.17, 15) is 9.50 Å². The minimum absolute atomic E-state index is 0.355. The van der Waals surface area contributed by atoms with E-state index < -0.39 is 6.10 Å². The number of furan rings is 1. The third-order valence-corrected chi connectivity index (χ3v) is 3.41. The molecule has 0 saturated heterocycles. The van der Waals surface area contributed by atoms with Crippen molar-refractivity contribution in [2.45, 2.75) is 20.0 Å². The van der Waals surface area contributed by atoms with Crippen LogP contribution < -0.4 is 0 Å². The van der Waals surface area contributed by atoms with Gasteiger partial charge in [0.25, 0.3) is 0 Å². The Morgan fingerprint density at radius 3 is 2.60 bits per heavy atom. The summed E-state index contributed by atoms with van der Waals surface area (Å²) >= 11 is 0. The molecule has 0 spiro atoms. The third-order valence-electron chi connectivity index (χ3n) is 3.41. The van der Waals surface area contributed by atoms with E-state index in [1.165, 1.54) is 12.1 Å². The second kappa shape index (κ2) is 4.76. The molecule has 3 heteroatoms. The topological polar surface area (TPSA) is 33.4 Å². The summed E-state index contributed by atoms with van der Waals surface area (Å²) in [4.78, 5) is 0. The summed E-state index contributed by atoms with van der Waals surface area (Å²) in [6, 6.07) is 12.1. The highest BCUT2D eigenvalue weighted by Gasteiger charge is 2.17. The van der Waals surface area contributed by atoms with Gasteiger partial charge in [-0.1, -0.05) is 24.3 Å². The van der Waals surface area contributed by atoms with Crippen molar-refractivity contribution in [2.24, 2.45) is 0 Å². The van der Waals surface area contributed by atoms with Crippen molar-refractivity contribution in [1.29, 1.82) is 0 Å². The third kappa shape index (κ3) is 2.21. The van der Waals surface area contributed by atoms with Crippen molar-refractivity contribution >= 4 is 11.0 Å². The quantitative estimate of drug-likeness (QED) is 0.754. The molecule has 0 aliphatic carbocycles. The number of benzene rings is 2. The number of fused-ring (bicyclic) bond motifs is 1. The fourth-order valence-corrected chi connectivity index (χ4v) is 2.45. The molecule has 2 nitrogen and oxygen atoms in total. The molecule has 1 aromatic heterocycles. The maximum atomic E-state index is 13.4. The van der Waals surface area contributed by atoms with Crippen molar-refractivity contribution in [3.8, 4) is 0 Å². The van der Waals surface area contributed by atoms with Gasteiger partial charge in [0.05, 0.1) is 0 Å². The predicted octanol–water partition coefficient (Wildman–Crippen LogP) is 4.27. The molecule has 1 heterocycles. The van der Waals surface area contributed by atoms with Crippen LogP contribution in [0.1, 0.15) is 28.6 Å². The van der Waals surface area contributed by atoms with Crippen LogP contribution in [0.2, 0.25) is 0 Å². The molecule has 0 radical (unpaired) electrons. The molecule has 0 aliphatic rings. The lowest BCUT2D eigenvalue weighted by molar-refractivity contribution is 0.191. The zero-order chi connectivity index (χ0) is 14.3.